The van der Waals surface area contributed by atoms with Crippen molar-refractivity contribution in [2.24, 2.45) is 5.92 Å². The highest BCUT2D eigenvalue weighted by Crippen LogP contribution is 2.29. The van der Waals surface area contributed by atoms with Gasteiger partial charge >= 0.3 is 6.18 Å². The Kier molecular flexibility index (Phi) is 7.03. The maximum absolute atomic E-state index is 12.9. The molecule has 7 heteroatoms. The second-order valence-corrected chi connectivity index (χ2v) is 8.34. The van der Waals surface area contributed by atoms with E-state index in [9.17, 15) is 22.8 Å². The number of halogens is 3. The number of alkyl halides is 3. The fourth-order valence-electron chi connectivity index (χ4n) is 3.79. The summed E-state index contributed by atoms with van der Waals surface area (Å²) in [5.41, 5.74) is 2.11. The quantitative estimate of drug-likeness (QED) is 0.737. The van der Waals surface area contributed by atoms with Crippen molar-refractivity contribution in [2.75, 3.05) is 6.54 Å². The van der Waals surface area contributed by atoms with E-state index in [1.54, 1.807) is 4.90 Å². The molecule has 1 heterocycles. The average Bonchev–Trinajstić information content (AvgIpc) is 2.72. The fourth-order valence-corrected chi connectivity index (χ4v) is 3.79. The van der Waals surface area contributed by atoms with Gasteiger partial charge in [-0.05, 0) is 41.2 Å². The molecule has 0 saturated heterocycles. The van der Waals surface area contributed by atoms with E-state index in [4.69, 9.17) is 0 Å². The Morgan fingerprint density at radius 2 is 1.71 bits per heavy atom. The number of carbonyl (C=O) groups excluding carboxylic acids is 2. The topological polar surface area (TPSA) is 49.4 Å². The Balaban J connectivity index is 1.64. The van der Waals surface area contributed by atoms with Crippen molar-refractivity contribution in [3.63, 3.8) is 0 Å². The molecule has 1 atom stereocenters. The van der Waals surface area contributed by atoms with Gasteiger partial charge in [0.05, 0.1) is 5.56 Å². The van der Waals surface area contributed by atoms with Crippen LogP contribution in [0.25, 0.3) is 0 Å². The first-order valence-electron chi connectivity index (χ1n) is 10.4. The second-order valence-electron chi connectivity index (χ2n) is 8.34. The zero-order valence-corrected chi connectivity index (χ0v) is 17.7. The molecular weight excluding hydrogens is 405 g/mol. The molecule has 31 heavy (non-hydrogen) atoms. The zero-order valence-electron chi connectivity index (χ0n) is 17.7. The minimum absolute atomic E-state index is 0.0487. The third kappa shape index (κ3) is 5.87. The van der Waals surface area contributed by atoms with Gasteiger partial charge in [-0.2, -0.15) is 13.2 Å². The van der Waals surface area contributed by atoms with Crippen LogP contribution in [0.3, 0.4) is 0 Å². The Morgan fingerprint density at radius 3 is 2.32 bits per heavy atom. The Labute approximate surface area is 180 Å². The molecule has 0 fully saturated rings. The molecule has 0 spiro atoms. The lowest BCUT2D eigenvalue weighted by atomic mass is 9.92. The van der Waals surface area contributed by atoms with E-state index >= 15 is 0 Å². The monoisotopic (exact) mass is 432 g/mol. The van der Waals surface area contributed by atoms with Crippen LogP contribution < -0.4 is 5.32 Å². The molecule has 3 rings (SSSR count). The van der Waals surface area contributed by atoms with Gasteiger partial charge in [0.2, 0.25) is 11.8 Å². The fraction of sp³-hybridized carbons (Fsp3) is 0.417. The lowest BCUT2D eigenvalue weighted by Gasteiger charge is -2.36. The van der Waals surface area contributed by atoms with Crippen LogP contribution in [0.2, 0.25) is 0 Å². The molecule has 0 aliphatic carbocycles. The zero-order chi connectivity index (χ0) is 22.6. The van der Waals surface area contributed by atoms with Crippen molar-refractivity contribution in [2.45, 2.75) is 51.9 Å². The highest BCUT2D eigenvalue weighted by atomic mass is 19.4. The van der Waals surface area contributed by atoms with Gasteiger partial charge in [-0.1, -0.05) is 50.2 Å². The number of hydrogen-bond acceptors (Lipinski definition) is 2. The van der Waals surface area contributed by atoms with Crippen LogP contribution in [0.1, 0.15) is 42.5 Å². The van der Waals surface area contributed by atoms with E-state index in [0.717, 1.165) is 23.3 Å². The van der Waals surface area contributed by atoms with Gasteiger partial charge in [0.25, 0.3) is 0 Å². The second kappa shape index (κ2) is 9.54. The number of fused-ring (bicyclic) bond motifs is 1. The highest BCUT2D eigenvalue weighted by molar-refractivity contribution is 5.88. The molecule has 0 aromatic heterocycles. The van der Waals surface area contributed by atoms with Crippen LogP contribution in [-0.4, -0.2) is 29.3 Å². The summed E-state index contributed by atoms with van der Waals surface area (Å²) in [5.74, 6) is -0.0982. The van der Waals surface area contributed by atoms with E-state index in [2.05, 4.69) is 5.32 Å². The molecule has 0 bridgehead atoms. The normalized spacial score (nSPS) is 16.2. The number of nitrogens with zero attached hydrogens (tertiary/aromatic N) is 1. The number of benzene rings is 2. The molecule has 2 aromatic rings. The van der Waals surface area contributed by atoms with Crippen LogP contribution in [0, 0.1) is 5.92 Å². The van der Waals surface area contributed by atoms with Gasteiger partial charge in [0.1, 0.15) is 6.04 Å². The van der Waals surface area contributed by atoms with Gasteiger partial charge in [-0.15, -0.1) is 0 Å². The maximum atomic E-state index is 12.9. The molecule has 166 valence electrons. The first-order valence-corrected chi connectivity index (χ1v) is 10.4. The standard InChI is InChI=1S/C24H27F3N2O2/c1-16(2)13-22(30)29-15-19-6-4-3-5-18(19)14-21(29)23(31)28-12-11-17-7-9-20(10-8-17)24(25,26)27/h3-10,16,21H,11-15H2,1-2H3,(H,28,31). The van der Waals surface area contributed by atoms with Crippen molar-refractivity contribution >= 4 is 11.8 Å². The summed E-state index contributed by atoms with van der Waals surface area (Å²) in [6, 6.07) is 12.1. The van der Waals surface area contributed by atoms with Gasteiger partial charge in [-0.3, -0.25) is 9.59 Å². The van der Waals surface area contributed by atoms with Crippen molar-refractivity contribution in [3.8, 4) is 0 Å². The van der Waals surface area contributed by atoms with Crippen molar-refractivity contribution in [1.82, 2.24) is 10.2 Å². The molecule has 2 aromatic carbocycles. The lowest BCUT2D eigenvalue weighted by molar-refractivity contribution is -0.142. The summed E-state index contributed by atoms with van der Waals surface area (Å²) < 4.78 is 38.0. The molecule has 1 unspecified atom stereocenters. The first kappa shape index (κ1) is 22.8. The first-order chi connectivity index (χ1) is 14.6. The predicted molar refractivity (Wildman–Crippen MR) is 112 cm³/mol. The summed E-state index contributed by atoms with van der Waals surface area (Å²) in [5, 5.41) is 2.86. The molecular formula is C24H27F3N2O2. The minimum atomic E-state index is -4.37. The summed E-state index contributed by atoms with van der Waals surface area (Å²) in [4.78, 5) is 27.4. The molecule has 0 radical (unpaired) electrons. The summed E-state index contributed by atoms with van der Waals surface area (Å²) in [6.07, 6.45) is -3.13. The molecule has 2 amide bonds. The number of nitrogens with one attached hydrogen (secondary N) is 1. The van der Waals surface area contributed by atoms with Crippen LogP contribution in [0.15, 0.2) is 48.5 Å². The Bertz CT molecular complexity index is 923. The maximum Gasteiger partial charge on any atom is 0.416 e. The van der Waals surface area contributed by atoms with Crippen molar-refractivity contribution in [3.05, 3.63) is 70.8 Å². The highest BCUT2D eigenvalue weighted by Gasteiger charge is 2.34. The van der Waals surface area contributed by atoms with Crippen LogP contribution in [-0.2, 0) is 35.2 Å². The summed E-state index contributed by atoms with van der Waals surface area (Å²) >= 11 is 0. The van der Waals surface area contributed by atoms with E-state index in [1.807, 2.05) is 38.1 Å². The third-order valence-electron chi connectivity index (χ3n) is 5.45. The molecule has 4 nitrogen and oxygen atoms in total. The van der Waals surface area contributed by atoms with Gasteiger partial charge in [0, 0.05) is 25.9 Å². The summed E-state index contributed by atoms with van der Waals surface area (Å²) in [6.45, 7) is 4.62. The average molecular weight is 432 g/mol. The number of rotatable bonds is 6. The number of carbonyl (C=O) groups is 2. The smallest absolute Gasteiger partial charge is 0.354 e. The van der Waals surface area contributed by atoms with Crippen LogP contribution >= 0.6 is 0 Å². The minimum Gasteiger partial charge on any atom is -0.354 e. The summed E-state index contributed by atoms with van der Waals surface area (Å²) in [7, 11) is 0. The molecule has 0 saturated carbocycles. The predicted octanol–water partition coefficient (Wildman–Crippen LogP) is 4.36. The largest absolute Gasteiger partial charge is 0.416 e. The third-order valence-corrected chi connectivity index (χ3v) is 5.45. The van der Waals surface area contributed by atoms with E-state index < -0.39 is 17.8 Å². The van der Waals surface area contributed by atoms with E-state index in [0.29, 0.717) is 31.4 Å². The Hall–Kier alpha value is -2.83. The molecule has 1 aliphatic heterocycles. The van der Waals surface area contributed by atoms with E-state index in [1.165, 1.54) is 12.1 Å². The van der Waals surface area contributed by atoms with Crippen LogP contribution in [0.4, 0.5) is 13.2 Å². The van der Waals surface area contributed by atoms with Gasteiger partial charge in [0.15, 0.2) is 0 Å². The lowest BCUT2D eigenvalue weighted by Crippen LogP contribution is -2.53. The van der Waals surface area contributed by atoms with Gasteiger partial charge < -0.3 is 10.2 Å². The van der Waals surface area contributed by atoms with Gasteiger partial charge in [-0.25, -0.2) is 0 Å². The van der Waals surface area contributed by atoms with Crippen molar-refractivity contribution in [1.29, 1.82) is 0 Å². The number of hydrogen-bond donors (Lipinski definition) is 1. The molecule has 1 aliphatic rings. The van der Waals surface area contributed by atoms with Crippen molar-refractivity contribution < 1.29 is 22.8 Å². The van der Waals surface area contributed by atoms with Crippen LogP contribution in [0.5, 0.6) is 0 Å². The van der Waals surface area contributed by atoms with E-state index in [-0.39, 0.29) is 24.3 Å². The number of amides is 2. The Morgan fingerprint density at radius 1 is 1.06 bits per heavy atom. The molecule has 1 N–H and O–H groups in total. The SMILES string of the molecule is CC(C)CC(=O)N1Cc2ccccc2CC1C(=O)NCCc1ccc(C(F)(F)F)cc1.